The molecule has 3 nitrogen and oxygen atoms in total. The van der Waals surface area contributed by atoms with Crippen LogP contribution in [0, 0.1) is 0 Å². The summed E-state index contributed by atoms with van der Waals surface area (Å²) >= 11 is 0. The fraction of sp³-hybridized carbons (Fsp3) is 0.900. The molecule has 0 aliphatic rings. The van der Waals surface area contributed by atoms with Crippen LogP contribution in [0.4, 0.5) is 0 Å². The third kappa shape index (κ3) is 14.4. The highest BCUT2D eigenvalue weighted by molar-refractivity contribution is 5.75. The zero-order valence-corrected chi connectivity index (χ0v) is 9.59. The van der Waals surface area contributed by atoms with E-state index in [-0.39, 0.29) is 5.78 Å². The smallest absolute Gasteiger partial charge is 0.131 e. The highest BCUT2D eigenvalue weighted by atomic mass is 16.5. The van der Waals surface area contributed by atoms with Crippen molar-refractivity contribution in [3.05, 3.63) is 0 Å². The van der Waals surface area contributed by atoms with Gasteiger partial charge in [0.1, 0.15) is 5.78 Å². The maximum Gasteiger partial charge on any atom is 0.131 e. The van der Waals surface area contributed by atoms with Crippen LogP contribution in [0.15, 0.2) is 0 Å². The van der Waals surface area contributed by atoms with Gasteiger partial charge in [0.05, 0.1) is 6.61 Å². The van der Waals surface area contributed by atoms with Crippen molar-refractivity contribution >= 4 is 5.78 Å². The minimum Gasteiger partial charge on any atom is -0.383 e. The van der Waals surface area contributed by atoms with Gasteiger partial charge >= 0.3 is 0 Å². The van der Waals surface area contributed by atoms with Crippen LogP contribution in [-0.4, -0.2) is 44.5 Å². The first kappa shape index (κ1) is 15.1. The Balaban J connectivity index is 0. The summed E-state index contributed by atoms with van der Waals surface area (Å²) in [5.74, 6) is 0.245. The molecule has 0 unspecified atom stereocenters. The molecule has 0 aromatic heterocycles. The van der Waals surface area contributed by atoms with Crippen molar-refractivity contribution in [2.75, 3.05) is 33.9 Å². The number of hydrogen-bond acceptors (Lipinski definition) is 3. The lowest BCUT2D eigenvalue weighted by Crippen LogP contribution is -2.25. The average Bonchev–Trinajstić information content (AvgIpc) is 2.14. The van der Waals surface area contributed by atoms with E-state index in [1.165, 1.54) is 0 Å². The Kier molecular flexibility index (Phi) is 13.4. The molecule has 13 heavy (non-hydrogen) atoms. The lowest BCUT2D eigenvalue weighted by molar-refractivity contribution is -0.117. The molecule has 80 valence electrons. The number of rotatable bonds is 6. The monoisotopic (exact) mass is 189 g/mol. The van der Waals surface area contributed by atoms with Crippen LogP contribution >= 0.6 is 0 Å². The molecule has 0 saturated heterocycles. The fourth-order valence-corrected chi connectivity index (χ4v) is 0.707. The van der Waals surface area contributed by atoms with Gasteiger partial charge in [-0.1, -0.05) is 13.8 Å². The molecule has 0 aromatic carbocycles. The number of Topliss-reactive ketones (excluding diaryl/α,β-unsaturated/α-hetero) is 1. The number of hydrogen-bond donors (Lipinski definition) is 0. The number of methoxy groups -OCH3 is 1. The van der Waals surface area contributed by atoms with Crippen molar-refractivity contribution in [2.45, 2.75) is 27.2 Å². The molecule has 0 aromatic rings. The predicted molar refractivity (Wildman–Crippen MR) is 56.0 cm³/mol. The Morgan fingerprint density at radius 1 is 1.31 bits per heavy atom. The van der Waals surface area contributed by atoms with Crippen LogP contribution < -0.4 is 0 Å². The second-order valence-corrected chi connectivity index (χ2v) is 2.75. The summed E-state index contributed by atoms with van der Waals surface area (Å²) in [5.41, 5.74) is 0. The second-order valence-electron chi connectivity index (χ2n) is 2.75. The van der Waals surface area contributed by atoms with Gasteiger partial charge in [-0.3, -0.25) is 4.79 Å². The van der Waals surface area contributed by atoms with Crippen molar-refractivity contribution in [1.29, 1.82) is 0 Å². The average molecular weight is 189 g/mol. The van der Waals surface area contributed by atoms with Crippen LogP contribution in [0.3, 0.4) is 0 Å². The van der Waals surface area contributed by atoms with E-state index in [0.717, 1.165) is 19.7 Å². The lowest BCUT2D eigenvalue weighted by atomic mass is 10.3. The Hall–Kier alpha value is -0.410. The van der Waals surface area contributed by atoms with E-state index in [0.29, 0.717) is 6.42 Å². The molecule has 0 aliphatic heterocycles. The van der Waals surface area contributed by atoms with Crippen molar-refractivity contribution < 1.29 is 9.53 Å². The van der Waals surface area contributed by atoms with Gasteiger partial charge in [-0.25, -0.2) is 0 Å². The van der Waals surface area contributed by atoms with Crippen LogP contribution in [0.25, 0.3) is 0 Å². The molecule has 0 heterocycles. The van der Waals surface area contributed by atoms with Gasteiger partial charge in [-0.05, 0) is 14.0 Å². The van der Waals surface area contributed by atoms with E-state index in [2.05, 4.69) is 4.90 Å². The first-order chi connectivity index (χ1) is 6.16. The second kappa shape index (κ2) is 11.6. The molecule has 0 atom stereocenters. The normalized spacial score (nSPS) is 9.38. The summed E-state index contributed by atoms with van der Waals surface area (Å²) in [6, 6.07) is 0. The largest absolute Gasteiger partial charge is 0.383 e. The van der Waals surface area contributed by atoms with E-state index in [1.807, 2.05) is 20.9 Å². The van der Waals surface area contributed by atoms with E-state index in [1.54, 1.807) is 14.0 Å². The van der Waals surface area contributed by atoms with E-state index < -0.39 is 0 Å². The standard InChI is InChI=1S/C8H17NO2.C2H6/c1-8(10)4-5-9(2)6-7-11-3;1-2/h4-7H2,1-3H3;1-2H3. The summed E-state index contributed by atoms with van der Waals surface area (Å²) in [7, 11) is 3.67. The highest BCUT2D eigenvalue weighted by Gasteiger charge is 1.98. The van der Waals surface area contributed by atoms with Crippen LogP contribution in [0.2, 0.25) is 0 Å². The zero-order valence-electron chi connectivity index (χ0n) is 9.59. The maximum absolute atomic E-state index is 10.6. The summed E-state index contributed by atoms with van der Waals surface area (Å²) < 4.78 is 4.89. The molecule has 0 aliphatic carbocycles. The molecule has 0 N–H and O–H groups in total. The van der Waals surface area contributed by atoms with E-state index >= 15 is 0 Å². The summed E-state index contributed by atoms with van der Waals surface area (Å²) in [6.07, 6.45) is 0.639. The molecule has 0 bridgehead atoms. The van der Waals surface area contributed by atoms with Crippen molar-refractivity contribution in [1.82, 2.24) is 4.90 Å². The van der Waals surface area contributed by atoms with E-state index in [9.17, 15) is 4.79 Å². The summed E-state index contributed by atoms with van der Waals surface area (Å²) in [6.45, 7) is 8.07. The number of ketones is 1. The summed E-state index contributed by atoms with van der Waals surface area (Å²) in [5, 5.41) is 0. The highest BCUT2D eigenvalue weighted by Crippen LogP contribution is 1.87. The molecule has 3 heteroatoms. The van der Waals surface area contributed by atoms with Gasteiger partial charge in [0, 0.05) is 26.6 Å². The number of likely N-dealkylation sites (N-methyl/N-ethyl adjacent to an activating group) is 1. The molecule has 0 rings (SSSR count). The Bertz CT molecular complexity index is 115. The Morgan fingerprint density at radius 2 is 1.85 bits per heavy atom. The maximum atomic E-state index is 10.6. The first-order valence-corrected chi connectivity index (χ1v) is 4.83. The number of ether oxygens (including phenoxy) is 1. The van der Waals surface area contributed by atoms with Crippen LogP contribution in [0.5, 0.6) is 0 Å². The molecular weight excluding hydrogens is 166 g/mol. The minimum absolute atomic E-state index is 0.245. The van der Waals surface area contributed by atoms with Gasteiger partial charge in [0.2, 0.25) is 0 Å². The molecular formula is C10H23NO2. The van der Waals surface area contributed by atoms with Gasteiger partial charge in [-0.2, -0.15) is 0 Å². The minimum atomic E-state index is 0.245. The Labute approximate surface area is 82.1 Å². The first-order valence-electron chi connectivity index (χ1n) is 4.83. The predicted octanol–water partition coefficient (Wildman–Crippen LogP) is 1.57. The van der Waals surface area contributed by atoms with Crippen molar-refractivity contribution in [3.63, 3.8) is 0 Å². The topological polar surface area (TPSA) is 29.5 Å². The molecule has 0 radical (unpaired) electrons. The molecule has 0 fully saturated rings. The third-order valence-electron chi connectivity index (χ3n) is 1.52. The van der Waals surface area contributed by atoms with Gasteiger partial charge in [-0.15, -0.1) is 0 Å². The molecule has 0 amide bonds. The van der Waals surface area contributed by atoms with Crippen molar-refractivity contribution in [2.24, 2.45) is 0 Å². The van der Waals surface area contributed by atoms with Crippen molar-refractivity contribution in [3.8, 4) is 0 Å². The third-order valence-corrected chi connectivity index (χ3v) is 1.52. The van der Waals surface area contributed by atoms with Crippen LogP contribution in [0.1, 0.15) is 27.2 Å². The molecule has 0 saturated carbocycles. The van der Waals surface area contributed by atoms with Gasteiger partial charge < -0.3 is 9.64 Å². The Morgan fingerprint density at radius 3 is 2.23 bits per heavy atom. The molecule has 0 spiro atoms. The number of nitrogens with zero attached hydrogens (tertiary/aromatic N) is 1. The zero-order chi connectivity index (χ0) is 10.7. The number of carbonyl (C=O) groups excluding carboxylic acids is 1. The van der Waals surface area contributed by atoms with E-state index in [4.69, 9.17) is 4.74 Å². The van der Waals surface area contributed by atoms with Gasteiger partial charge in [0.15, 0.2) is 0 Å². The quantitative estimate of drug-likeness (QED) is 0.635. The van der Waals surface area contributed by atoms with Gasteiger partial charge in [0.25, 0.3) is 0 Å². The lowest BCUT2D eigenvalue weighted by Gasteiger charge is -2.14. The van der Waals surface area contributed by atoms with Crippen LogP contribution in [-0.2, 0) is 9.53 Å². The fourth-order valence-electron chi connectivity index (χ4n) is 0.707. The summed E-state index contributed by atoms with van der Waals surface area (Å²) in [4.78, 5) is 12.7. The number of carbonyl (C=O) groups is 1. The SMILES string of the molecule is CC.COCCN(C)CCC(C)=O.